The van der Waals surface area contributed by atoms with Gasteiger partial charge in [0.15, 0.2) is 12.4 Å². The lowest BCUT2D eigenvalue weighted by Crippen LogP contribution is -2.44. The monoisotopic (exact) mass is 526 g/mol. The van der Waals surface area contributed by atoms with Gasteiger partial charge in [-0.05, 0) is 30.0 Å². The molecule has 2 aromatic carbocycles. The van der Waals surface area contributed by atoms with Crippen molar-refractivity contribution in [2.24, 2.45) is 5.92 Å². The maximum Gasteiger partial charge on any atom is 0.303 e. The highest BCUT2D eigenvalue weighted by molar-refractivity contribution is 5.82. The predicted molar refractivity (Wildman–Crippen MR) is 140 cm³/mol. The minimum absolute atomic E-state index is 0.0114. The van der Waals surface area contributed by atoms with Crippen LogP contribution in [0.15, 0.2) is 48.5 Å². The van der Waals surface area contributed by atoms with Crippen molar-refractivity contribution in [3.05, 3.63) is 70.8 Å². The Hall–Kier alpha value is -2.82. The van der Waals surface area contributed by atoms with Crippen molar-refractivity contribution in [1.82, 2.24) is 10.2 Å². The number of nitrogens with zero attached hydrogens (tertiary/aromatic N) is 1. The molecule has 0 aliphatic carbocycles. The van der Waals surface area contributed by atoms with Crippen LogP contribution in [0, 0.1) is 5.92 Å². The summed E-state index contributed by atoms with van der Waals surface area (Å²) < 4.78 is 17.9. The second kappa shape index (κ2) is 12.8. The molecular weight excluding hydrogens is 488 g/mol. The first kappa shape index (κ1) is 28.2. The molecule has 2 aliphatic rings. The van der Waals surface area contributed by atoms with E-state index in [1.54, 1.807) is 0 Å². The summed E-state index contributed by atoms with van der Waals surface area (Å²) in [5.74, 6) is -0.791. The lowest BCUT2D eigenvalue weighted by molar-refractivity contribution is -0.276. The van der Waals surface area contributed by atoms with Crippen LogP contribution in [-0.4, -0.2) is 64.9 Å². The van der Waals surface area contributed by atoms with Gasteiger partial charge in [0.2, 0.25) is 0 Å². The molecule has 38 heavy (non-hydrogen) atoms. The second-order valence-corrected chi connectivity index (χ2v) is 10.2. The van der Waals surface area contributed by atoms with Crippen molar-refractivity contribution in [2.45, 2.75) is 71.0 Å². The zero-order chi connectivity index (χ0) is 27.2. The van der Waals surface area contributed by atoms with Gasteiger partial charge in [0.05, 0.1) is 24.9 Å². The first-order valence-electron chi connectivity index (χ1n) is 13.2. The topological polar surface area (TPSA) is 118 Å². The van der Waals surface area contributed by atoms with Crippen LogP contribution in [0.2, 0.25) is 0 Å². The molecule has 0 radical (unpaired) electrons. The molecule has 0 saturated carbocycles. The largest absolute Gasteiger partial charge is 0.453 e. The van der Waals surface area contributed by atoms with Crippen molar-refractivity contribution < 1.29 is 34.0 Å². The minimum atomic E-state index is -0.852. The fourth-order valence-corrected chi connectivity index (χ4v) is 4.99. The number of hydrogen-bond acceptors (Lipinski definition) is 8. The third-order valence-corrected chi connectivity index (χ3v) is 7.24. The number of ether oxygens (including phenoxy) is 3. The molecular formula is C29H38N2O7. The molecule has 2 aromatic rings. The van der Waals surface area contributed by atoms with Crippen molar-refractivity contribution in [1.29, 1.82) is 0 Å². The van der Waals surface area contributed by atoms with E-state index in [9.17, 15) is 19.8 Å². The van der Waals surface area contributed by atoms with Gasteiger partial charge in [-0.2, -0.15) is 0 Å². The van der Waals surface area contributed by atoms with Gasteiger partial charge in [-0.3, -0.25) is 14.5 Å². The van der Waals surface area contributed by atoms with E-state index < -0.39 is 18.4 Å². The number of aliphatic hydroxyl groups excluding tert-OH is 2. The number of hydrogen-bond donors (Lipinski definition) is 3. The van der Waals surface area contributed by atoms with Gasteiger partial charge in [0, 0.05) is 44.6 Å². The van der Waals surface area contributed by atoms with Crippen LogP contribution in [0.25, 0.3) is 0 Å². The van der Waals surface area contributed by atoms with Gasteiger partial charge in [-0.25, -0.2) is 0 Å². The molecule has 2 saturated heterocycles. The van der Waals surface area contributed by atoms with E-state index >= 15 is 0 Å². The molecule has 2 heterocycles. The summed E-state index contributed by atoms with van der Waals surface area (Å²) in [7, 11) is 0. The number of rotatable bonds is 9. The zero-order valence-electron chi connectivity index (χ0n) is 22.2. The van der Waals surface area contributed by atoms with Gasteiger partial charge in [0.1, 0.15) is 0 Å². The SMILES string of the molecule is CC(=O)O[C@@H](C)C(=O)NCc1ccc(C2O[C@H](CN3CC[C@@H](O)C3)[C@H](C)[C@H](c3ccc(CO)cc3)O2)cc1. The van der Waals surface area contributed by atoms with Gasteiger partial charge in [-0.1, -0.05) is 55.5 Å². The number of β-amino-alcohol motifs (C(OH)–C–C–N with tert-alkyl or cyclic N) is 1. The second-order valence-electron chi connectivity index (χ2n) is 10.2. The number of likely N-dealkylation sites (tertiary alicyclic amines) is 1. The number of carbonyl (C=O) groups is 2. The standard InChI is InChI=1S/C29H38N2O7/c1-18-26(16-31-13-12-25(34)15-31)37-29(38-27(18)23-8-6-22(17-32)7-9-23)24-10-4-21(5-11-24)14-30-28(35)19(2)36-20(3)33/h4-11,18-19,25-27,29,32,34H,12-17H2,1-3H3,(H,30,35)/t18-,19-,25+,26+,27+,29?/m0/s1. The third-order valence-electron chi connectivity index (χ3n) is 7.24. The molecule has 0 spiro atoms. The first-order valence-corrected chi connectivity index (χ1v) is 13.2. The molecule has 9 heteroatoms. The molecule has 2 fully saturated rings. The maximum absolute atomic E-state index is 12.1. The number of aliphatic hydroxyl groups is 2. The molecule has 9 nitrogen and oxygen atoms in total. The summed E-state index contributed by atoms with van der Waals surface area (Å²) in [4.78, 5) is 25.5. The number of amides is 1. The molecule has 6 atom stereocenters. The molecule has 1 amide bonds. The Morgan fingerprint density at radius 2 is 1.74 bits per heavy atom. The molecule has 2 aliphatic heterocycles. The van der Waals surface area contributed by atoms with E-state index in [1.807, 2.05) is 48.5 Å². The Morgan fingerprint density at radius 1 is 1.08 bits per heavy atom. The molecule has 0 aromatic heterocycles. The van der Waals surface area contributed by atoms with Crippen LogP contribution >= 0.6 is 0 Å². The number of nitrogens with one attached hydrogen (secondary N) is 1. The molecule has 206 valence electrons. The van der Waals surface area contributed by atoms with Crippen molar-refractivity contribution >= 4 is 11.9 Å². The van der Waals surface area contributed by atoms with Crippen molar-refractivity contribution in [2.75, 3.05) is 19.6 Å². The fourth-order valence-electron chi connectivity index (χ4n) is 4.99. The Labute approximate surface area is 223 Å². The molecule has 4 rings (SSSR count). The van der Waals surface area contributed by atoms with E-state index in [0.29, 0.717) is 19.6 Å². The Balaban J connectivity index is 1.46. The maximum atomic E-state index is 12.1. The summed E-state index contributed by atoms with van der Waals surface area (Å²) in [6, 6.07) is 15.5. The number of benzene rings is 2. The van der Waals surface area contributed by atoms with Crippen LogP contribution in [-0.2, 0) is 37.0 Å². The van der Waals surface area contributed by atoms with Crippen LogP contribution in [0.3, 0.4) is 0 Å². The van der Waals surface area contributed by atoms with Gasteiger partial charge < -0.3 is 29.7 Å². The lowest BCUT2D eigenvalue weighted by atomic mass is 9.90. The van der Waals surface area contributed by atoms with Crippen LogP contribution in [0.1, 0.15) is 61.8 Å². The Morgan fingerprint density at radius 3 is 2.34 bits per heavy atom. The van der Waals surface area contributed by atoms with Gasteiger partial charge in [0.25, 0.3) is 5.91 Å². The summed E-state index contributed by atoms with van der Waals surface area (Å²) in [5, 5.41) is 22.2. The fraction of sp³-hybridized carbons (Fsp3) is 0.517. The van der Waals surface area contributed by atoms with E-state index in [-0.39, 0.29) is 36.7 Å². The summed E-state index contributed by atoms with van der Waals surface area (Å²) in [6.07, 6.45) is -1.28. The lowest BCUT2D eigenvalue weighted by Gasteiger charge is -2.42. The Bertz CT molecular complexity index is 1080. The Kier molecular flexibility index (Phi) is 9.51. The van der Waals surface area contributed by atoms with Crippen LogP contribution < -0.4 is 5.32 Å². The van der Waals surface area contributed by atoms with Gasteiger partial charge in [-0.15, -0.1) is 0 Å². The average molecular weight is 527 g/mol. The molecule has 3 N–H and O–H groups in total. The molecule has 0 bridgehead atoms. The normalized spacial score (nSPS) is 26.6. The minimum Gasteiger partial charge on any atom is -0.453 e. The van der Waals surface area contributed by atoms with Crippen molar-refractivity contribution in [3.8, 4) is 0 Å². The predicted octanol–water partition coefficient (Wildman–Crippen LogP) is 2.60. The summed E-state index contributed by atoms with van der Waals surface area (Å²) in [6.45, 7) is 7.40. The summed E-state index contributed by atoms with van der Waals surface area (Å²) in [5.41, 5.74) is 3.62. The zero-order valence-corrected chi connectivity index (χ0v) is 22.2. The van der Waals surface area contributed by atoms with Crippen LogP contribution in [0.4, 0.5) is 0 Å². The van der Waals surface area contributed by atoms with E-state index in [1.165, 1.54) is 13.8 Å². The highest BCUT2D eigenvalue weighted by Crippen LogP contribution is 2.42. The number of carbonyl (C=O) groups excluding carboxylic acids is 2. The van der Waals surface area contributed by atoms with E-state index in [0.717, 1.165) is 35.2 Å². The van der Waals surface area contributed by atoms with Crippen molar-refractivity contribution in [3.63, 3.8) is 0 Å². The van der Waals surface area contributed by atoms with E-state index in [4.69, 9.17) is 14.2 Å². The third kappa shape index (κ3) is 7.18. The average Bonchev–Trinajstić information content (AvgIpc) is 3.32. The first-order chi connectivity index (χ1) is 18.2. The highest BCUT2D eigenvalue weighted by atomic mass is 16.7. The quantitative estimate of drug-likeness (QED) is 0.427. The van der Waals surface area contributed by atoms with Gasteiger partial charge >= 0.3 is 5.97 Å². The smallest absolute Gasteiger partial charge is 0.303 e. The highest BCUT2D eigenvalue weighted by Gasteiger charge is 2.39. The van der Waals surface area contributed by atoms with E-state index in [2.05, 4.69) is 17.1 Å². The number of esters is 1. The summed E-state index contributed by atoms with van der Waals surface area (Å²) >= 11 is 0. The van der Waals surface area contributed by atoms with Crippen LogP contribution in [0.5, 0.6) is 0 Å². The molecule has 1 unspecified atom stereocenters.